The van der Waals surface area contributed by atoms with Gasteiger partial charge >= 0.3 is 0 Å². The van der Waals surface area contributed by atoms with E-state index in [2.05, 4.69) is 24.0 Å². The van der Waals surface area contributed by atoms with Crippen molar-refractivity contribution >= 4 is 0 Å². The zero-order chi connectivity index (χ0) is 15.3. The summed E-state index contributed by atoms with van der Waals surface area (Å²) in [5.74, 6) is 2.45. The number of rotatable bonds is 7. The monoisotopic (exact) mass is 295 g/mol. The maximum Gasteiger partial charge on any atom is 0.227 e. The molecule has 1 heterocycles. The van der Waals surface area contributed by atoms with E-state index in [0.717, 1.165) is 44.3 Å². The highest BCUT2D eigenvalue weighted by atomic mass is 16.5. The molecule has 0 bridgehead atoms. The largest absolute Gasteiger partial charge is 0.370 e. The SMILES string of the molecule is COC1(c2noc(CC(CN)CC(C)C)n2)CCCCC1. The third-order valence-electron chi connectivity index (χ3n) is 4.53. The van der Waals surface area contributed by atoms with Crippen LogP contribution in [0.5, 0.6) is 0 Å². The first-order valence-electron chi connectivity index (χ1n) is 8.18. The number of methoxy groups -OCH3 is 1. The number of nitrogens with two attached hydrogens (primary N) is 1. The number of ether oxygens (including phenoxy) is 1. The van der Waals surface area contributed by atoms with Gasteiger partial charge in [-0.2, -0.15) is 4.98 Å². The van der Waals surface area contributed by atoms with Crippen LogP contribution in [0.3, 0.4) is 0 Å². The molecule has 2 N–H and O–H groups in total. The van der Waals surface area contributed by atoms with Crippen molar-refractivity contribution in [2.45, 2.75) is 64.4 Å². The van der Waals surface area contributed by atoms with Crippen LogP contribution >= 0.6 is 0 Å². The summed E-state index contributed by atoms with van der Waals surface area (Å²) in [6.07, 6.45) is 7.40. The van der Waals surface area contributed by atoms with Gasteiger partial charge in [-0.1, -0.05) is 38.3 Å². The second kappa shape index (κ2) is 7.36. The van der Waals surface area contributed by atoms with Crippen molar-refractivity contribution in [3.63, 3.8) is 0 Å². The van der Waals surface area contributed by atoms with Gasteiger partial charge in [0.2, 0.25) is 11.7 Å². The standard InChI is InChI=1S/C16H29N3O2/c1-12(2)9-13(11-17)10-14-18-15(19-21-14)16(20-3)7-5-4-6-8-16/h12-13H,4-11,17H2,1-3H3. The van der Waals surface area contributed by atoms with Gasteiger partial charge in [0.25, 0.3) is 0 Å². The molecule has 1 unspecified atom stereocenters. The Morgan fingerprint density at radius 1 is 1.29 bits per heavy atom. The fraction of sp³-hybridized carbons (Fsp3) is 0.875. The summed E-state index contributed by atoms with van der Waals surface area (Å²) in [6.45, 7) is 5.08. The number of hydrogen-bond donors (Lipinski definition) is 1. The predicted molar refractivity (Wildman–Crippen MR) is 81.8 cm³/mol. The molecule has 0 aromatic carbocycles. The van der Waals surface area contributed by atoms with E-state index in [9.17, 15) is 0 Å². The minimum Gasteiger partial charge on any atom is -0.370 e. The summed E-state index contributed by atoms with van der Waals surface area (Å²) in [6, 6.07) is 0. The molecule has 5 nitrogen and oxygen atoms in total. The molecule has 0 radical (unpaired) electrons. The smallest absolute Gasteiger partial charge is 0.227 e. The van der Waals surface area contributed by atoms with Crippen LogP contribution in [-0.4, -0.2) is 23.8 Å². The molecular weight excluding hydrogens is 266 g/mol. The molecule has 0 saturated heterocycles. The first-order valence-corrected chi connectivity index (χ1v) is 8.18. The summed E-state index contributed by atoms with van der Waals surface area (Å²) in [5.41, 5.74) is 5.52. The Kier molecular flexibility index (Phi) is 5.76. The number of nitrogens with zero attached hydrogens (tertiary/aromatic N) is 2. The van der Waals surface area contributed by atoms with Crippen molar-refractivity contribution in [3.05, 3.63) is 11.7 Å². The molecule has 0 spiro atoms. The molecule has 1 aromatic heterocycles. The third kappa shape index (κ3) is 4.04. The molecule has 1 aromatic rings. The summed E-state index contributed by atoms with van der Waals surface area (Å²) in [5, 5.41) is 4.20. The summed E-state index contributed by atoms with van der Waals surface area (Å²) in [4.78, 5) is 4.61. The maximum absolute atomic E-state index is 5.86. The van der Waals surface area contributed by atoms with Gasteiger partial charge in [0.15, 0.2) is 0 Å². The highest BCUT2D eigenvalue weighted by Crippen LogP contribution is 2.38. The molecule has 1 atom stereocenters. The third-order valence-corrected chi connectivity index (χ3v) is 4.53. The fourth-order valence-electron chi connectivity index (χ4n) is 3.34. The summed E-state index contributed by atoms with van der Waals surface area (Å²) >= 11 is 0. The molecule has 1 saturated carbocycles. The second-order valence-electron chi connectivity index (χ2n) is 6.71. The van der Waals surface area contributed by atoms with E-state index in [1.165, 1.54) is 6.42 Å². The molecule has 21 heavy (non-hydrogen) atoms. The van der Waals surface area contributed by atoms with Crippen LogP contribution < -0.4 is 5.73 Å². The zero-order valence-corrected chi connectivity index (χ0v) is 13.6. The predicted octanol–water partition coefficient (Wildman–Crippen LogP) is 3.04. The van der Waals surface area contributed by atoms with Crippen molar-refractivity contribution in [1.82, 2.24) is 10.1 Å². The van der Waals surface area contributed by atoms with Crippen molar-refractivity contribution in [2.75, 3.05) is 13.7 Å². The molecule has 120 valence electrons. The van der Waals surface area contributed by atoms with Crippen molar-refractivity contribution in [1.29, 1.82) is 0 Å². The molecule has 2 rings (SSSR count). The van der Waals surface area contributed by atoms with E-state index >= 15 is 0 Å². The highest BCUT2D eigenvalue weighted by molar-refractivity contribution is 5.03. The lowest BCUT2D eigenvalue weighted by atomic mass is 9.84. The maximum atomic E-state index is 5.86. The molecule has 0 amide bonds. The van der Waals surface area contributed by atoms with Crippen LogP contribution in [0, 0.1) is 11.8 Å². The average Bonchev–Trinajstić information content (AvgIpc) is 2.96. The second-order valence-corrected chi connectivity index (χ2v) is 6.71. The fourth-order valence-corrected chi connectivity index (χ4v) is 3.34. The van der Waals surface area contributed by atoms with E-state index in [-0.39, 0.29) is 5.60 Å². The first-order chi connectivity index (χ1) is 10.1. The van der Waals surface area contributed by atoms with Crippen LogP contribution in [0.2, 0.25) is 0 Å². The Morgan fingerprint density at radius 3 is 2.57 bits per heavy atom. The van der Waals surface area contributed by atoms with E-state index in [1.807, 2.05) is 0 Å². The molecule has 0 aliphatic heterocycles. The normalized spacial score (nSPS) is 19.9. The van der Waals surface area contributed by atoms with Gasteiger partial charge in [0.05, 0.1) is 0 Å². The Morgan fingerprint density at radius 2 is 2.00 bits per heavy atom. The van der Waals surface area contributed by atoms with Gasteiger partial charge in [0.1, 0.15) is 5.60 Å². The van der Waals surface area contributed by atoms with Gasteiger partial charge in [-0.3, -0.25) is 0 Å². The van der Waals surface area contributed by atoms with Crippen molar-refractivity contribution < 1.29 is 9.26 Å². The first kappa shape index (κ1) is 16.4. The van der Waals surface area contributed by atoms with Gasteiger partial charge < -0.3 is 15.0 Å². The van der Waals surface area contributed by atoms with Crippen LogP contribution in [0.25, 0.3) is 0 Å². The van der Waals surface area contributed by atoms with E-state index < -0.39 is 0 Å². The van der Waals surface area contributed by atoms with E-state index in [4.69, 9.17) is 15.0 Å². The average molecular weight is 295 g/mol. The Hall–Kier alpha value is -0.940. The van der Waals surface area contributed by atoms with Gasteiger partial charge in [-0.15, -0.1) is 0 Å². The van der Waals surface area contributed by atoms with Crippen LogP contribution in [-0.2, 0) is 16.8 Å². The Bertz CT molecular complexity index is 425. The number of aromatic nitrogens is 2. The molecule has 1 fully saturated rings. The van der Waals surface area contributed by atoms with E-state index in [1.54, 1.807) is 7.11 Å². The lowest BCUT2D eigenvalue weighted by molar-refractivity contribution is -0.0527. The molecular formula is C16H29N3O2. The van der Waals surface area contributed by atoms with Gasteiger partial charge in [0, 0.05) is 13.5 Å². The Balaban J connectivity index is 2.06. The lowest BCUT2D eigenvalue weighted by Crippen LogP contribution is -2.32. The van der Waals surface area contributed by atoms with Crippen molar-refractivity contribution in [3.8, 4) is 0 Å². The van der Waals surface area contributed by atoms with E-state index in [0.29, 0.717) is 24.3 Å². The highest BCUT2D eigenvalue weighted by Gasteiger charge is 2.38. The molecule has 1 aliphatic carbocycles. The lowest BCUT2D eigenvalue weighted by Gasteiger charge is -2.32. The molecule has 5 heteroatoms. The quantitative estimate of drug-likeness (QED) is 0.837. The zero-order valence-electron chi connectivity index (χ0n) is 13.6. The van der Waals surface area contributed by atoms with Crippen LogP contribution in [0.15, 0.2) is 4.52 Å². The minimum absolute atomic E-state index is 0.337. The summed E-state index contributed by atoms with van der Waals surface area (Å²) < 4.78 is 11.2. The minimum atomic E-state index is -0.337. The van der Waals surface area contributed by atoms with Gasteiger partial charge in [-0.25, -0.2) is 0 Å². The topological polar surface area (TPSA) is 74.2 Å². The van der Waals surface area contributed by atoms with Crippen LogP contribution in [0.4, 0.5) is 0 Å². The Labute approximate surface area is 127 Å². The number of hydrogen-bond acceptors (Lipinski definition) is 5. The molecule has 1 aliphatic rings. The van der Waals surface area contributed by atoms with Crippen LogP contribution in [0.1, 0.15) is 64.1 Å². The van der Waals surface area contributed by atoms with Crippen molar-refractivity contribution in [2.24, 2.45) is 17.6 Å². The summed E-state index contributed by atoms with van der Waals surface area (Å²) in [7, 11) is 1.75. The van der Waals surface area contributed by atoms with Gasteiger partial charge in [-0.05, 0) is 37.6 Å².